The zero-order chi connectivity index (χ0) is 13.3. The number of hydrogen-bond acceptors (Lipinski definition) is 2. The minimum Gasteiger partial charge on any atom is -0.292 e. The first kappa shape index (κ1) is 12.8. The van der Waals surface area contributed by atoms with Crippen molar-refractivity contribution < 1.29 is 4.79 Å². The lowest BCUT2D eigenvalue weighted by molar-refractivity contribution is 0.0967. The van der Waals surface area contributed by atoms with Gasteiger partial charge in [-0.1, -0.05) is 23.7 Å². The number of carbonyl (C=O) groups is 1. The molecule has 1 aromatic carbocycles. The van der Waals surface area contributed by atoms with Crippen LogP contribution in [0.2, 0.25) is 5.02 Å². The molecule has 3 nitrogen and oxygen atoms in total. The smallest absolute Gasteiger partial charge is 0.185 e. The summed E-state index contributed by atoms with van der Waals surface area (Å²) in [6, 6.07) is 7.09. The molecule has 18 heavy (non-hydrogen) atoms. The summed E-state index contributed by atoms with van der Waals surface area (Å²) in [5.41, 5.74) is 3.65. The molecule has 0 N–H and O–H groups in total. The molecule has 0 fully saturated rings. The molecular formula is C14H15ClN2O. The van der Waals surface area contributed by atoms with Gasteiger partial charge in [-0.3, -0.25) is 9.48 Å². The van der Waals surface area contributed by atoms with E-state index in [-0.39, 0.29) is 12.3 Å². The van der Waals surface area contributed by atoms with E-state index in [9.17, 15) is 4.79 Å². The van der Waals surface area contributed by atoms with Crippen LogP contribution in [0.15, 0.2) is 24.3 Å². The Labute approximate surface area is 111 Å². The molecule has 0 saturated carbocycles. The molecule has 1 aromatic heterocycles. The first-order valence-corrected chi connectivity index (χ1v) is 6.17. The van der Waals surface area contributed by atoms with E-state index in [1.54, 1.807) is 16.8 Å². The topological polar surface area (TPSA) is 34.9 Å². The van der Waals surface area contributed by atoms with E-state index in [4.69, 9.17) is 11.6 Å². The van der Waals surface area contributed by atoms with Crippen LogP contribution in [0.4, 0.5) is 0 Å². The van der Waals surface area contributed by atoms with Crippen LogP contribution < -0.4 is 0 Å². The van der Waals surface area contributed by atoms with Gasteiger partial charge in [0.25, 0.3) is 0 Å². The van der Waals surface area contributed by atoms with Crippen LogP contribution >= 0.6 is 11.6 Å². The molecule has 0 bridgehead atoms. The highest BCUT2D eigenvalue weighted by molar-refractivity contribution is 6.33. The molecule has 0 saturated heterocycles. The van der Waals surface area contributed by atoms with Gasteiger partial charge in [0, 0.05) is 11.3 Å². The first-order valence-electron chi connectivity index (χ1n) is 5.79. The number of rotatable bonds is 3. The van der Waals surface area contributed by atoms with Gasteiger partial charge in [-0.2, -0.15) is 5.10 Å². The second-order valence-corrected chi connectivity index (χ2v) is 4.76. The summed E-state index contributed by atoms with van der Waals surface area (Å²) in [4.78, 5) is 12.2. The Bertz CT molecular complexity index is 602. The van der Waals surface area contributed by atoms with E-state index < -0.39 is 0 Å². The molecule has 0 unspecified atom stereocenters. The Morgan fingerprint density at radius 3 is 2.50 bits per heavy atom. The maximum Gasteiger partial charge on any atom is 0.185 e. The molecule has 2 aromatic rings. The van der Waals surface area contributed by atoms with Crippen LogP contribution in [0.1, 0.15) is 27.3 Å². The van der Waals surface area contributed by atoms with E-state index in [1.165, 1.54) is 0 Å². The molecular weight excluding hydrogens is 248 g/mol. The molecule has 0 aliphatic carbocycles. The first-order chi connectivity index (χ1) is 8.50. The molecule has 0 atom stereocenters. The fraction of sp³-hybridized carbons (Fsp3) is 0.286. The Morgan fingerprint density at radius 1 is 1.28 bits per heavy atom. The van der Waals surface area contributed by atoms with Gasteiger partial charge in [-0.15, -0.1) is 0 Å². The summed E-state index contributed by atoms with van der Waals surface area (Å²) in [7, 11) is 0. The maximum atomic E-state index is 12.2. The highest BCUT2D eigenvalue weighted by Crippen LogP contribution is 2.17. The number of nitrogens with zero attached hydrogens (tertiary/aromatic N) is 2. The van der Waals surface area contributed by atoms with E-state index in [2.05, 4.69) is 5.10 Å². The van der Waals surface area contributed by atoms with E-state index in [0.29, 0.717) is 10.6 Å². The highest BCUT2D eigenvalue weighted by atomic mass is 35.5. The monoisotopic (exact) mass is 262 g/mol. The summed E-state index contributed by atoms with van der Waals surface area (Å²) in [6.45, 7) is 6.15. The minimum atomic E-state index is -0.0220. The lowest BCUT2D eigenvalue weighted by Crippen LogP contribution is -2.13. The van der Waals surface area contributed by atoms with E-state index >= 15 is 0 Å². The quantitative estimate of drug-likeness (QED) is 0.795. The highest BCUT2D eigenvalue weighted by Gasteiger charge is 2.14. The second-order valence-electron chi connectivity index (χ2n) is 4.36. The summed E-state index contributed by atoms with van der Waals surface area (Å²) in [6.07, 6.45) is 0. The van der Waals surface area contributed by atoms with E-state index in [0.717, 1.165) is 17.0 Å². The van der Waals surface area contributed by atoms with E-state index in [1.807, 2.05) is 32.9 Å². The van der Waals surface area contributed by atoms with Gasteiger partial charge in [0.05, 0.1) is 10.7 Å². The van der Waals surface area contributed by atoms with Crippen LogP contribution in [0.25, 0.3) is 0 Å². The van der Waals surface area contributed by atoms with Crippen LogP contribution in [0.5, 0.6) is 0 Å². The number of carbonyl (C=O) groups excluding carboxylic acids is 1. The largest absolute Gasteiger partial charge is 0.292 e. The third-order valence-corrected chi connectivity index (χ3v) is 3.54. The van der Waals surface area contributed by atoms with Crippen LogP contribution in [-0.4, -0.2) is 15.6 Å². The number of Topliss-reactive ketones (excluding diaryl/α,β-unsaturated/α-hetero) is 1. The Morgan fingerprint density at radius 2 is 1.94 bits per heavy atom. The Kier molecular flexibility index (Phi) is 3.53. The van der Waals surface area contributed by atoms with Crippen molar-refractivity contribution in [2.45, 2.75) is 27.3 Å². The molecule has 1 heterocycles. The number of aromatic nitrogens is 2. The Hall–Kier alpha value is -1.61. The van der Waals surface area contributed by atoms with Crippen molar-refractivity contribution >= 4 is 17.4 Å². The standard InChI is InChI=1S/C14H15ClN2O/c1-9-10(2)16-17(11(9)3)8-14(18)12-6-4-5-7-13(12)15/h4-7H,8H2,1-3H3. The van der Waals surface area contributed by atoms with Crippen molar-refractivity contribution in [3.63, 3.8) is 0 Å². The zero-order valence-corrected chi connectivity index (χ0v) is 11.5. The average molecular weight is 263 g/mol. The maximum absolute atomic E-state index is 12.2. The van der Waals surface area contributed by atoms with Crippen molar-refractivity contribution in [1.82, 2.24) is 9.78 Å². The fourth-order valence-corrected chi connectivity index (χ4v) is 2.09. The summed E-state index contributed by atoms with van der Waals surface area (Å²) < 4.78 is 1.73. The van der Waals surface area contributed by atoms with Gasteiger partial charge < -0.3 is 0 Å². The SMILES string of the molecule is Cc1nn(CC(=O)c2ccccc2Cl)c(C)c1C. The predicted molar refractivity (Wildman–Crippen MR) is 72.2 cm³/mol. The number of hydrogen-bond donors (Lipinski definition) is 0. The van der Waals surface area contributed by atoms with Gasteiger partial charge >= 0.3 is 0 Å². The molecule has 0 radical (unpaired) electrons. The third kappa shape index (κ3) is 2.31. The number of halogens is 1. The van der Waals surface area contributed by atoms with Crippen LogP contribution in [0, 0.1) is 20.8 Å². The van der Waals surface area contributed by atoms with Crippen molar-refractivity contribution in [3.05, 3.63) is 51.8 Å². The zero-order valence-electron chi connectivity index (χ0n) is 10.7. The molecule has 2 rings (SSSR count). The molecule has 0 aliphatic heterocycles. The van der Waals surface area contributed by atoms with Crippen molar-refractivity contribution in [3.8, 4) is 0 Å². The predicted octanol–water partition coefficient (Wildman–Crippen LogP) is 3.34. The number of aryl methyl sites for hydroxylation is 1. The van der Waals surface area contributed by atoms with Crippen molar-refractivity contribution in [1.29, 1.82) is 0 Å². The van der Waals surface area contributed by atoms with Crippen molar-refractivity contribution in [2.75, 3.05) is 0 Å². The third-order valence-electron chi connectivity index (χ3n) is 3.21. The lowest BCUT2D eigenvalue weighted by Gasteiger charge is -2.05. The molecule has 0 aliphatic rings. The van der Waals surface area contributed by atoms with Crippen LogP contribution in [0.3, 0.4) is 0 Å². The summed E-state index contributed by atoms with van der Waals surface area (Å²) >= 11 is 6.01. The minimum absolute atomic E-state index is 0.0220. The molecule has 94 valence electrons. The lowest BCUT2D eigenvalue weighted by atomic mass is 10.1. The number of ketones is 1. The summed E-state index contributed by atoms with van der Waals surface area (Å²) in [5.74, 6) is -0.0220. The van der Waals surface area contributed by atoms with Crippen LogP contribution in [-0.2, 0) is 6.54 Å². The molecule has 0 amide bonds. The second kappa shape index (κ2) is 4.94. The normalized spacial score (nSPS) is 10.7. The fourth-order valence-electron chi connectivity index (χ4n) is 1.85. The molecule has 0 spiro atoms. The molecule has 4 heteroatoms. The summed E-state index contributed by atoms with van der Waals surface area (Å²) in [5, 5.41) is 4.84. The van der Waals surface area contributed by atoms with Crippen molar-refractivity contribution in [2.24, 2.45) is 0 Å². The van der Waals surface area contributed by atoms with Gasteiger partial charge in [0.1, 0.15) is 6.54 Å². The number of benzene rings is 1. The van der Waals surface area contributed by atoms with Gasteiger partial charge in [0.2, 0.25) is 0 Å². The Balaban J connectivity index is 2.27. The van der Waals surface area contributed by atoms with Gasteiger partial charge in [0.15, 0.2) is 5.78 Å². The average Bonchev–Trinajstić information content (AvgIpc) is 2.57. The van der Waals surface area contributed by atoms with Gasteiger partial charge in [-0.05, 0) is 38.5 Å². The van der Waals surface area contributed by atoms with Gasteiger partial charge in [-0.25, -0.2) is 0 Å².